The largest absolute Gasteiger partial charge is 0.305 e. The van der Waals surface area contributed by atoms with Crippen LogP contribution in [0.25, 0.3) is 0 Å². The van der Waals surface area contributed by atoms with Crippen LogP contribution in [-0.4, -0.2) is 6.26 Å². The Kier molecular flexibility index (Phi) is 5.39. The zero-order valence-corrected chi connectivity index (χ0v) is 14.2. The van der Waals surface area contributed by atoms with E-state index < -0.39 is 0 Å². The Morgan fingerprint density at radius 3 is 2.57 bits per heavy atom. The van der Waals surface area contributed by atoms with Crippen molar-refractivity contribution in [1.82, 2.24) is 5.32 Å². The van der Waals surface area contributed by atoms with Crippen LogP contribution >= 0.6 is 23.1 Å². The normalized spacial score (nSPS) is 17.2. The molecule has 0 bridgehead atoms. The minimum Gasteiger partial charge on any atom is -0.305 e. The van der Waals surface area contributed by atoms with Crippen LogP contribution in [0, 0.1) is 5.92 Å². The van der Waals surface area contributed by atoms with Gasteiger partial charge < -0.3 is 5.32 Å². The Hall–Kier alpha value is -0.770. The third-order valence-corrected chi connectivity index (χ3v) is 6.11. The van der Waals surface area contributed by atoms with E-state index in [-0.39, 0.29) is 0 Å². The molecule has 1 fully saturated rings. The smallest absolute Gasteiger partial charge is 0.0446 e. The van der Waals surface area contributed by atoms with Crippen molar-refractivity contribution in [2.75, 3.05) is 6.26 Å². The van der Waals surface area contributed by atoms with E-state index in [2.05, 4.69) is 53.4 Å². The lowest BCUT2D eigenvalue weighted by Gasteiger charge is -2.24. The van der Waals surface area contributed by atoms with E-state index in [1.807, 2.05) is 11.3 Å². The SMILES string of the molecule is CSc1ccc(CNC(c2cccs2)C2CCCC2)cc1. The van der Waals surface area contributed by atoms with Crippen molar-refractivity contribution in [1.29, 1.82) is 0 Å². The van der Waals surface area contributed by atoms with Gasteiger partial charge in [0.2, 0.25) is 0 Å². The maximum Gasteiger partial charge on any atom is 0.0446 e. The first-order valence-electron chi connectivity index (χ1n) is 7.76. The van der Waals surface area contributed by atoms with Crippen molar-refractivity contribution in [2.45, 2.75) is 43.2 Å². The molecule has 1 unspecified atom stereocenters. The molecule has 1 aliphatic rings. The van der Waals surface area contributed by atoms with Gasteiger partial charge in [0.05, 0.1) is 0 Å². The molecule has 1 atom stereocenters. The number of thiophene rings is 1. The number of rotatable bonds is 6. The van der Waals surface area contributed by atoms with Crippen molar-refractivity contribution in [2.24, 2.45) is 5.92 Å². The quantitative estimate of drug-likeness (QED) is 0.707. The molecule has 3 heteroatoms. The van der Waals surface area contributed by atoms with Crippen LogP contribution in [0.1, 0.15) is 42.2 Å². The second kappa shape index (κ2) is 7.48. The van der Waals surface area contributed by atoms with Gasteiger partial charge in [-0.05, 0) is 54.2 Å². The topological polar surface area (TPSA) is 12.0 Å². The molecule has 1 heterocycles. The molecule has 0 spiro atoms. The fourth-order valence-corrected chi connectivity index (χ4v) is 4.53. The summed E-state index contributed by atoms with van der Waals surface area (Å²) in [6, 6.07) is 13.9. The summed E-state index contributed by atoms with van der Waals surface area (Å²) >= 11 is 3.69. The maximum atomic E-state index is 3.82. The molecule has 1 aromatic carbocycles. The van der Waals surface area contributed by atoms with E-state index in [0.29, 0.717) is 6.04 Å². The molecular formula is C18H23NS2. The monoisotopic (exact) mass is 317 g/mol. The summed E-state index contributed by atoms with van der Waals surface area (Å²) in [7, 11) is 0. The van der Waals surface area contributed by atoms with E-state index in [9.17, 15) is 0 Å². The summed E-state index contributed by atoms with van der Waals surface area (Å²) in [6.07, 6.45) is 7.68. The second-order valence-corrected chi connectivity index (χ2v) is 7.63. The van der Waals surface area contributed by atoms with Crippen LogP contribution in [0.2, 0.25) is 0 Å². The number of nitrogens with one attached hydrogen (secondary N) is 1. The van der Waals surface area contributed by atoms with Crippen LogP contribution in [-0.2, 0) is 6.54 Å². The Bertz CT molecular complexity index is 527. The van der Waals surface area contributed by atoms with Gasteiger partial charge in [0.1, 0.15) is 0 Å². The predicted octanol–water partition coefficient (Wildman–Crippen LogP) is 5.49. The Balaban J connectivity index is 1.66. The summed E-state index contributed by atoms with van der Waals surface area (Å²) in [5.41, 5.74) is 1.38. The van der Waals surface area contributed by atoms with Crippen LogP contribution in [0.4, 0.5) is 0 Å². The highest BCUT2D eigenvalue weighted by Crippen LogP contribution is 2.37. The maximum absolute atomic E-state index is 3.82. The first-order valence-corrected chi connectivity index (χ1v) is 9.87. The molecule has 1 aromatic heterocycles. The lowest BCUT2D eigenvalue weighted by atomic mass is 9.96. The fraction of sp³-hybridized carbons (Fsp3) is 0.444. The van der Waals surface area contributed by atoms with Crippen molar-refractivity contribution >= 4 is 23.1 Å². The second-order valence-electron chi connectivity index (χ2n) is 5.77. The van der Waals surface area contributed by atoms with Crippen LogP contribution < -0.4 is 5.32 Å². The van der Waals surface area contributed by atoms with E-state index in [1.165, 1.54) is 41.0 Å². The number of thioether (sulfide) groups is 1. The highest BCUT2D eigenvalue weighted by atomic mass is 32.2. The van der Waals surface area contributed by atoms with Gasteiger partial charge >= 0.3 is 0 Å². The predicted molar refractivity (Wildman–Crippen MR) is 94.1 cm³/mol. The minimum absolute atomic E-state index is 0.535. The number of hydrogen-bond donors (Lipinski definition) is 1. The number of hydrogen-bond acceptors (Lipinski definition) is 3. The summed E-state index contributed by atoms with van der Waals surface area (Å²) < 4.78 is 0. The van der Waals surface area contributed by atoms with Crippen molar-refractivity contribution in [3.63, 3.8) is 0 Å². The summed E-state index contributed by atoms with van der Waals surface area (Å²) in [4.78, 5) is 2.84. The van der Waals surface area contributed by atoms with Gasteiger partial charge in [0.15, 0.2) is 0 Å². The van der Waals surface area contributed by atoms with Gasteiger partial charge in [-0.1, -0.05) is 31.0 Å². The molecule has 0 amide bonds. The molecule has 0 saturated heterocycles. The summed E-state index contributed by atoms with van der Waals surface area (Å²) in [6.45, 7) is 0.966. The molecule has 1 N–H and O–H groups in total. The Labute approximate surface area is 136 Å². The molecule has 112 valence electrons. The molecule has 1 nitrogen and oxygen atoms in total. The van der Waals surface area contributed by atoms with Crippen LogP contribution in [0.5, 0.6) is 0 Å². The average molecular weight is 318 g/mol. The number of benzene rings is 1. The molecule has 3 rings (SSSR count). The average Bonchev–Trinajstić information content (AvgIpc) is 3.22. The fourth-order valence-electron chi connectivity index (χ4n) is 3.23. The van der Waals surface area contributed by atoms with Gasteiger partial charge in [-0.2, -0.15) is 0 Å². The zero-order valence-electron chi connectivity index (χ0n) is 12.5. The molecule has 1 saturated carbocycles. The standard InChI is InChI=1S/C18H23NS2/c1-20-16-10-8-14(9-11-16)13-19-18(15-5-2-3-6-15)17-7-4-12-21-17/h4,7-12,15,18-19H,2-3,5-6,13H2,1H3. The zero-order chi connectivity index (χ0) is 14.5. The third kappa shape index (κ3) is 3.91. The molecular weight excluding hydrogens is 294 g/mol. The first kappa shape index (κ1) is 15.1. The van der Waals surface area contributed by atoms with Gasteiger partial charge in [0, 0.05) is 22.4 Å². The molecule has 2 aromatic rings. The third-order valence-electron chi connectivity index (χ3n) is 4.41. The molecule has 0 radical (unpaired) electrons. The molecule has 0 aliphatic heterocycles. The first-order chi connectivity index (χ1) is 10.4. The molecule has 1 aliphatic carbocycles. The summed E-state index contributed by atoms with van der Waals surface area (Å²) in [5.74, 6) is 0.814. The van der Waals surface area contributed by atoms with Crippen LogP contribution in [0.15, 0.2) is 46.7 Å². The highest BCUT2D eigenvalue weighted by molar-refractivity contribution is 7.98. The Morgan fingerprint density at radius 1 is 1.19 bits per heavy atom. The summed E-state index contributed by atoms with van der Waals surface area (Å²) in [5, 5.41) is 6.02. The highest BCUT2D eigenvalue weighted by Gasteiger charge is 2.26. The van der Waals surface area contributed by atoms with Gasteiger partial charge in [-0.3, -0.25) is 0 Å². The minimum atomic E-state index is 0.535. The van der Waals surface area contributed by atoms with Gasteiger partial charge in [-0.15, -0.1) is 23.1 Å². The van der Waals surface area contributed by atoms with E-state index in [4.69, 9.17) is 0 Å². The van der Waals surface area contributed by atoms with E-state index in [1.54, 1.807) is 11.8 Å². The van der Waals surface area contributed by atoms with Crippen LogP contribution in [0.3, 0.4) is 0 Å². The van der Waals surface area contributed by atoms with E-state index in [0.717, 1.165) is 12.5 Å². The van der Waals surface area contributed by atoms with Crippen molar-refractivity contribution in [3.8, 4) is 0 Å². The van der Waals surface area contributed by atoms with Crippen molar-refractivity contribution < 1.29 is 0 Å². The van der Waals surface area contributed by atoms with Gasteiger partial charge in [0.25, 0.3) is 0 Å². The van der Waals surface area contributed by atoms with Gasteiger partial charge in [-0.25, -0.2) is 0 Å². The molecule has 21 heavy (non-hydrogen) atoms. The Morgan fingerprint density at radius 2 is 1.95 bits per heavy atom. The van der Waals surface area contributed by atoms with E-state index >= 15 is 0 Å². The lowest BCUT2D eigenvalue weighted by Crippen LogP contribution is -2.26. The lowest BCUT2D eigenvalue weighted by molar-refractivity contribution is 0.371. The van der Waals surface area contributed by atoms with Crippen molar-refractivity contribution in [3.05, 3.63) is 52.2 Å².